The molecule has 0 aromatic heterocycles. The number of carbonyl (C=O) groups excluding carboxylic acids is 3. The first-order valence-electron chi connectivity index (χ1n) is 5.51. The van der Waals surface area contributed by atoms with Crippen molar-refractivity contribution in [3.05, 3.63) is 0 Å². The third-order valence-electron chi connectivity index (χ3n) is 3.60. The van der Waals surface area contributed by atoms with Crippen LogP contribution < -0.4 is 0 Å². The first-order valence-corrected chi connectivity index (χ1v) is 5.51. The van der Waals surface area contributed by atoms with Crippen LogP contribution in [0, 0.1) is 11.3 Å². The van der Waals surface area contributed by atoms with Crippen LogP contribution in [0.25, 0.3) is 0 Å². The fourth-order valence-electron chi connectivity index (χ4n) is 2.29. The summed E-state index contributed by atoms with van der Waals surface area (Å²) in [4.78, 5) is 34.7. The number of rotatable bonds is 4. The van der Waals surface area contributed by atoms with E-state index in [1.54, 1.807) is 6.92 Å². The first-order chi connectivity index (χ1) is 6.94. The van der Waals surface area contributed by atoms with E-state index in [-0.39, 0.29) is 23.3 Å². The van der Waals surface area contributed by atoms with Crippen LogP contribution in [-0.2, 0) is 14.4 Å². The molecule has 0 aromatic carbocycles. The Morgan fingerprint density at radius 2 is 1.80 bits per heavy atom. The van der Waals surface area contributed by atoms with Gasteiger partial charge in [-0.05, 0) is 19.8 Å². The van der Waals surface area contributed by atoms with E-state index in [2.05, 4.69) is 0 Å². The molecule has 0 N–H and O–H groups in total. The van der Waals surface area contributed by atoms with Gasteiger partial charge in [-0.25, -0.2) is 0 Å². The summed E-state index contributed by atoms with van der Waals surface area (Å²) in [5.74, 6) is -0.0857. The fraction of sp³-hybridized carbons (Fsp3) is 0.750. The van der Waals surface area contributed by atoms with Crippen molar-refractivity contribution in [2.45, 2.75) is 46.5 Å². The highest BCUT2D eigenvalue weighted by Crippen LogP contribution is 2.40. The van der Waals surface area contributed by atoms with Gasteiger partial charge in [0.1, 0.15) is 17.3 Å². The molecule has 0 radical (unpaired) electrons. The minimum absolute atomic E-state index is 0.0306. The number of carbonyl (C=O) groups is 3. The lowest BCUT2D eigenvalue weighted by Crippen LogP contribution is -2.35. The van der Waals surface area contributed by atoms with Gasteiger partial charge in [-0.1, -0.05) is 13.8 Å². The van der Waals surface area contributed by atoms with E-state index in [1.165, 1.54) is 6.92 Å². The molecule has 1 saturated carbocycles. The number of hydrogen-bond acceptors (Lipinski definition) is 3. The van der Waals surface area contributed by atoms with Crippen molar-refractivity contribution >= 4 is 17.3 Å². The second-order valence-electron chi connectivity index (χ2n) is 4.50. The van der Waals surface area contributed by atoms with Gasteiger partial charge >= 0.3 is 0 Å². The lowest BCUT2D eigenvalue weighted by molar-refractivity contribution is -0.137. The third kappa shape index (κ3) is 2.01. The van der Waals surface area contributed by atoms with Crippen LogP contribution in [0.4, 0.5) is 0 Å². The Morgan fingerprint density at radius 3 is 2.13 bits per heavy atom. The summed E-state index contributed by atoms with van der Waals surface area (Å²) in [7, 11) is 0. The molecular formula is C12H18O3. The molecule has 0 aromatic rings. The number of hydrogen-bond donors (Lipinski definition) is 0. The fourth-order valence-corrected chi connectivity index (χ4v) is 2.29. The summed E-state index contributed by atoms with van der Waals surface area (Å²) in [6, 6.07) is 0. The van der Waals surface area contributed by atoms with Crippen LogP contribution >= 0.6 is 0 Å². The van der Waals surface area contributed by atoms with Gasteiger partial charge in [-0.15, -0.1) is 0 Å². The largest absolute Gasteiger partial charge is 0.300 e. The maximum atomic E-state index is 11.8. The molecule has 3 heteroatoms. The highest BCUT2D eigenvalue weighted by molar-refractivity contribution is 6.13. The molecule has 0 heterocycles. The summed E-state index contributed by atoms with van der Waals surface area (Å²) >= 11 is 0. The van der Waals surface area contributed by atoms with Gasteiger partial charge in [0.15, 0.2) is 0 Å². The maximum Gasteiger partial charge on any atom is 0.146 e. The number of Topliss-reactive ketones (excluding diaryl/α,β-unsaturated/α-hetero) is 3. The van der Waals surface area contributed by atoms with E-state index in [9.17, 15) is 14.4 Å². The van der Waals surface area contributed by atoms with E-state index in [0.717, 1.165) is 0 Å². The summed E-state index contributed by atoms with van der Waals surface area (Å²) < 4.78 is 0. The Hall–Kier alpha value is -0.990. The van der Waals surface area contributed by atoms with Gasteiger partial charge in [0.25, 0.3) is 0 Å². The normalized spacial score (nSPS) is 21.8. The quantitative estimate of drug-likeness (QED) is 0.666. The number of ketones is 3. The molecule has 1 aliphatic rings. The lowest BCUT2D eigenvalue weighted by Gasteiger charge is -2.26. The van der Waals surface area contributed by atoms with Crippen molar-refractivity contribution in [2.24, 2.45) is 11.3 Å². The predicted molar refractivity (Wildman–Crippen MR) is 56.4 cm³/mol. The Morgan fingerprint density at radius 1 is 1.33 bits per heavy atom. The Bertz CT molecular complexity index is 288. The standard InChI is InChI=1S/C12H18O3/c1-4-12(7-8(2)9(3)13)10(14)5-6-11(12)15/h8H,4-7H2,1-3H3. The van der Waals surface area contributed by atoms with E-state index in [1.807, 2.05) is 6.92 Å². The predicted octanol–water partition coefficient (Wildman–Crippen LogP) is 1.93. The van der Waals surface area contributed by atoms with Crippen molar-refractivity contribution in [3.8, 4) is 0 Å². The molecule has 3 nitrogen and oxygen atoms in total. The van der Waals surface area contributed by atoms with E-state index in [4.69, 9.17) is 0 Å². The molecule has 0 bridgehead atoms. The van der Waals surface area contributed by atoms with Crippen molar-refractivity contribution < 1.29 is 14.4 Å². The molecule has 1 aliphatic carbocycles. The smallest absolute Gasteiger partial charge is 0.146 e. The molecule has 84 valence electrons. The summed E-state index contributed by atoms with van der Waals surface area (Å²) in [5, 5.41) is 0. The van der Waals surface area contributed by atoms with Gasteiger partial charge in [0.05, 0.1) is 5.41 Å². The zero-order chi connectivity index (χ0) is 11.6. The Balaban J connectivity index is 2.90. The monoisotopic (exact) mass is 210 g/mol. The molecule has 15 heavy (non-hydrogen) atoms. The molecule has 0 spiro atoms. The van der Waals surface area contributed by atoms with Gasteiger partial charge < -0.3 is 0 Å². The summed E-state index contributed by atoms with van der Waals surface area (Å²) in [6.45, 7) is 5.16. The van der Waals surface area contributed by atoms with Crippen molar-refractivity contribution in [1.82, 2.24) is 0 Å². The molecule has 1 rings (SSSR count). The Labute approximate surface area is 90.2 Å². The van der Waals surface area contributed by atoms with Crippen LogP contribution in [0.2, 0.25) is 0 Å². The van der Waals surface area contributed by atoms with E-state index >= 15 is 0 Å². The molecule has 0 amide bonds. The van der Waals surface area contributed by atoms with Gasteiger partial charge in [-0.2, -0.15) is 0 Å². The molecule has 0 aliphatic heterocycles. The van der Waals surface area contributed by atoms with E-state index in [0.29, 0.717) is 25.7 Å². The average Bonchev–Trinajstić information content (AvgIpc) is 2.46. The molecule has 1 atom stereocenters. The van der Waals surface area contributed by atoms with Gasteiger partial charge in [0.2, 0.25) is 0 Å². The molecule has 1 fully saturated rings. The minimum Gasteiger partial charge on any atom is -0.300 e. The van der Waals surface area contributed by atoms with Crippen LogP contribution in [0.5, 0.6) is 0 Å². The highest BCUT2D eigenvalue weighted by atomic mass is 16.2. The minimum atomic E-state index is -0.842. The zero-order valence-corrected chi connectivity index (χ0v) is 9.63. The first kappa shape index (κ1) is 12.1. The lowest BCUT2D eigenvalue weighted by atomic mass is 9.74. The second kappa shape index (κ2) is 4.25. The van der Waals surface area contributed by atoms with Crippen molar-refractivity contribution in [1.29, 1.82) is 0 Å². The van der Waals surface area contributed by atoms with Crippen molar-refractivity contribution in [3.63, 3.8) is 0 Å². The maximum absolute atomic E-state index is 11.8. The Kier molecular flexibility index (Phi) is 3.42. The van der Waals surface area contributed by atoms with Gasteiger partial charge in [-0.3, -0.25) is 14.4 Å². The van der Waals surface area contributed by atoms with E-state index < -0.39 is 5.41 Å². The topological polar surface area (TPSA) is 51.2 Å². The summed E-state index contributed by atoms with van der Waals surface area (Å²) in [6.07, 6.45) is 1.65. The highest BCUT2D eigenvalue weighted by Gasteiger charge is 2.48. The average molecular weight is 210 g/mol. The van der Waals surface area contributed by atoms with Crippen LogP contribution in [-0.4, -0.2) is 17.3 Å². The SMILES string of the molecule is CCC1(CC(C)C(C)=O)C(=O)CCC1=O. The third-order valence-corrected chi connectivity index (χ3v) is 3.60. The zero-order valence-electron chi connectivity index (χ0n) is 9.63. The van der Waals surface area contributed by atoms with Crippen LogP contribution in [0.1, 0.15) is 46.5 Å². The molecule has 1 unspecified atom stereocenters. The van der Waals surface area contributed by atoms with Crippen LogP contribution in [0.15, 0.2) is 0 Å². The van der Waals surface area contributed by atoms with Crippen LogP contribution in [0.3, 0.4) is 0 Å². The second-order valence-corrected chi connectivity index (χ2v) is 4.50. The van der Waals surface area contributed by atoms with Gasteiger partial charge in [0, 0.05) is 18.8 Å². The van der Waals surface area contributed by atoms with Crippen molar-refractivity contribution in [2.75, 3.05) is 0 Å². The molecular weight excluding hydrogens is 192 g/mol. The molecule has 0 saturated heterocycles. The summed E-state index contributed by atoms with van der Waals surface area (Å²) in [5.41, 5.74) is -0.842.